The van der Waals surface area contributed by atoms with E-state index >= 15 is 0 Å². The molecule has 2 rings (SSSR count). The molecule has 0 aromatic rings. The maximum absolute atomic E-state index is 6.15. The maximum Gasteiger partial charge on any atom is 0.0689 e. The predicted molar refractivity (Wildman–Crippen MR) is 45.6 cm³/mol. The predicted octanol–water partition coefficient (Wildman–Crippen LogP) is 2.89. The highest BCUT2D eigenvalue weighted by atomic mass is 16.5. The van der Waals surface area contributed by atoms with E-state index in [1.807, 2.05) is 0 Å². The van der Waals surface area contributed by atoms with E-state index in [2.05, 4.69) is 13.8 Å². The fraction of sp³-hybridized carbons (Fsp3) is 1.00. The summed E-state index contributed by atoms with van der Waals surface area (Å²) in [6.45, 7) is 4.50. The Morgan fingerprint density at radius 1 is 0.909 bits per heavy atom. The van der Waals surface area contributed by atoms with Crippen LogP contribution < -0.4 is 0 Å². The molecule has 0 saturated heterocycles. The van der Waals surface area contributed by atoms with E-state index in [1.165, 1.54) is 38.5 Å². The van der Waals surface area contributed by atoms with Crippen LogP contribution in [-0.4, -0.2) is 11.2 Å². The van der Waals surface area contributed by atoms with Crippen LogP contribution in [0.15, 0.2) is 0 Å². The van der Waals surface area contributed by atoms with Gasteiger partial charge in [-0.3, -0.25) is 0 Å². The lowest BCUT2D eigenvalue weighted by molar-refractivity contribution is -0.0510. The molecule has 2 saturated carbocycles. The van der Waals surface area contributed by atoms with Gasteiger partial charge in [-0.25, -0.2) is 0 Å². The van der Waals surface area contributed by atoms with Crippen molar-refractivity contribution in [3.05, 3.63) is 0 Å². The first-order valence-electron chi connectivity index (χ1n) is 4.94. The average molecular weight is 154 g/mol. The zero-order chi connectivity index (χ0) is 7.95. The van der Waals surface area contributed by atoms with Crippen molar-refractivity contribution >= 4 is 0 Å². The molecule has 0 aromatic carbocycles. The van der Waals surface area contributed by atoms with Gasteiger partial charge in [0.2, 0.25) is 0 Å². The SMILES string of the molecule is CCC1(OC2(CC)CC2)CC1. The molecular formula is C10H18O. The molecule has 0 bridgehead atoms. The minimum absolute atomic E-state index is 0.340. The van der Waals surface area contributed by atoms with Gasteiger partial charge < -0.3 is 4.74 Å². The van der Waals surface area contributed by atoms with Gasteiger partial charge in [-0.1, -0.05) is 13.8 Å². The Labute approximate surface area is 69.1 Å². The van der Waals surface area contributed by atoms with Gasteiger partial charge in [0.15, 0.2) is 0 Å². The average Bonchev–Trinajstić information content (AvgIpc) is 2.90. The van der Waals surface area contributed by atoms with E-state index in [4.69, 9.17) is 4.74 Å². The molecule has 1 heteroatoms. The van der Waals surface area contributed by atoms with Gasteiger partial charge in [0.1, 0.15) is 0 Å². The highest BCUT2D eigenvalue weighted by molar-refractivity contribution is 5.03. The molecule has 2 aliphatic rings. The second kappa shape index (κ2) is 2.22. The van der Waals surface area contributed by atoms with Crippen molar-refractivity contribution in [3.8, 4) is 0 Å². The van der Waals surface area contributed by atoms with E-state index in [0.29, 0.717) is 11.2 Å². The summed E-state index contributed by atoms with van der Waals surface area (Å²) in [4.78, 5) is 0. The minimum Gasteiger partial charge on any atom is -0.369 e. The monoisotopic (exact) mass is 154 g/mol. The maximum atomic E-state index is 6.15. The zero-order valence-corrected chi connectivity index (χ0v) is 7.65. The second-order valence-corrected chi connectivity index (χ2v) is 4.18. The van der Waals surface area contributed by atoms with Crippen molar-refractivity contribution in [2.45, 2.75) is 63.6 Å². The Kier molecular flexibility index (Phi) is 1.54. The van der Waals surface area contributed by atoms with Gasteiger partial charge in [0.05, 0.1) is 11.2 Å². The Bertz CT molecular complexity index is 136. The molecule has 0 spiro atoms. The van der Waals surface area contributed by atoms with Gasteiger partial charge in [0, 0.05) is 0 Å². The minimum atomic E-state index is 0.340. The Morgan fingerprint density at radius 3 is 1.45 bits per heavy atom. The molecule has 64 valence electrons. The summed E-state index contributed by atoms with van der Waals surface area (Å²) in [5.74, 6) is 0. The summed E-state index contributed by atoms with van der Waals surface area (Å²) in [5.41, 5.74) is 0.680. The van der Waals surface area contributed by atoms with E-state index in [-0.39, 0.29) is 0 Å². The first kappa shape index (κ1) is 7.60. The van der Waals surface area contributed by atoms with Crippen LogP contribution in [0, 0.1) is 0 Å². The fourth-order valence-electron chi connectivity index (χ4n) is 1.79. The van der Waals surface area contributed by atoms with Crippen LogP contribution in [0.4, 0.5) is 0 Å². The van der Waals surface area contributed by atoms with Crippen LogP contribution in [-0.2, 0) is 4.74 Å². The van der Waals surface area contributed by atoms with Crippen LogP contribution in [0.2, 0.25) is 0 Å². The van der Waals surface area contributed by atoms with Crippen LogP contribution >= 0.6 is 0 Å². The molecule has 0 aromatic heterocycles. The van der Waals surface area contributed by atoms with Crippen molar-refractivity contribution < 1.29 is 4.74 Å². The van der Waals surface area contributed by atoms with Crippen molar-refractivity contribution in [2.75, 3.05) is 0 Å². The summed E-state index contributed by atoms with van der Waals surface area (Å²) < 4.78 is 6.15. The van der Waals surface area contributed by atoms with E-state index in [9.17, 15) is 0 Å². The Balaban J connectivity index is 1.89. The molecule has 11 heavy (non-hydrogen) atoms. The number of hydrogen-bond acceptors (Lipinski definition) is 1. The van der Waals surface area contributed by atoms with Crippen LogP contribution in [0.1, 0.15) is 52.4 Å². The van der Waals surface area contributed by atoms with Crippen molar-refractivity contribution in [2.24, 2.45) is 0 Å². The van der Waals surface area contributed by atoms with Crippen LogP contribution in [0.3, 0.4) is 0 Å². The first-order chi connectivity index (χ1) is 5.24. The Hall–Kier alpha value is -0.0400. The molecule has 1 nitrogen and oxygen atoms in total. The lowest BCUT2D eigenvalue weighted by atomic mass is 10.2. The highest BCUT2D eigenvalue weighted by Gasteiger charge is 2.53. The molecular weight excluding hydrogens is 136 g/mol. The smallest absolute Gasteiger partial charge is 0.0689 e. The molecule has 0 radical (unpaired) electrons. The summed E-state index contributed by atoms with van der Waals surface area (Å²) >= 11 is 0. The topological polar surface area (TPSA) is 9.23 Å². The van der Waals surface area contributed by atoms with E-state index in [0.717, 1.165) is 0 Å². The van der Waals surface area contributed by atoms with Gasteiger partial charge in [-0.15, -0.1) is 0 Å². The normalized spacial score (nSPS) is 30.0. The molecule has 2 fully saturated rings. The summed E-state index contributed by atoms with van der Waals surface area (Å²) in [6.07, 6.45) is 7.68. The molecule has 0 N–H and O–H groups in total. The second-order valence-electron chi connectivity index (χ2n) is 4.18. The fourth-order valence-corrected chi connectivity index (χ4v) is 1.79. The van der Waals surface area contributed by atoms with Crippen LogP contribution in [0.25, 0.3) is 0 Å². The summed E-state index contributed by atoms with van der Waals surface area (Å²) in [5, 5.41) is 0. The first-order valence-corrected chi connectivity index (χ1v) is 4.94. The zero-order valence-electron chi connectivity index (χ0n) is 7.65. The number of hydrogen-bond donors (Lipinski definition) is 0. The van der Waals surface area contributed by atoms with E-state index < -0.39 is 0 Å². The number of ether oxygens (including phenoxy) is 1. The van der Waals surface area contributed by atoms with Gasteiger partial charge >= 0.3 is 0 Å². The van der Waals surface area contributed by atoms with Gasteiger partial charge in [0.25, 0.3) is 0 Å². The number of rotatable bonds is 4. The molecule has 0 amide bonds. The van der Waals surface area contributed by atoms with E-state index in [1.54, 1.807) is 0 Å². The third-order valence-corrected chi connectivity index (χ3v) is 3.34. The largest absolute Gasteiger partial charge is 0.369 e. The molecule has 0 atom stereocenters. The summed E-state index contributed by atoms with van der Waals surface area (Å²) in [6, 6.07) is 0. The molecule has 0 heterocycles. The lowest BCUT2D eigenvalue weighted by Crippen LogP contribution is -2.23. The third kappa shape index (κ3) is 1.31. The Morgan fingerprint density at radius 2 is 1.27 bits per heavy atom. The molecule has 0 aliphatic heterocycles. The quantitative estimate of drug-likeness (QED) is 0.605. The summed E-state index contributed by atoms with van der Waals surface area (Å²) in [7, 11) is 0. The van der Waals surface area contributed by atoms with Crippen molar-refractivity contribution in [1.82, 2.24) is 0 Å². The third-order valence-electron chi connectivity index (χ3n) is 3.34. The van der Waals surface area contributed by atoms with Crippen LogP contribution in [0.5, 0.6) is 0 Å². The van der Waals surface area contributed by atoms with Crippen molar-refractivity contribution in [1.29, 1.82) is 0 Å². The molecule has 2 aliphatic carbocycles. The van der Waals surface area contributed by atoms with Crippen molar-refractivity contribution in [3.63, 3.8) is 0 Å². The van der Waals surface area contributed by atoms with Gasteiger partial charge in [-0.05, 0) is 38.5 Å². The highest BCUT2D eigenvalue weighted by Crippen LogP contribution is 2.53. The lowest BCUT2D eigenvalue weighted by Gasteiger charge is -2.22. The van der Waals surface area contributed by atoms with Gasteiger partial charge in [-0.2, -0.15) is 0 Å². The standard InChI is InChI=1S/C10H18O/c1-3-9(5-6-9)11-10(4-2)7-8-10/h3-8H2,1-2H3. The molecule has 0 unspecified atom stereocenters.